The molecule has 2 aromatic rings. The highest BCUT2D eigenvalue weighted by atomic mass is 16.6. The SMILES string of the molecule is COC(C=O)C(Nc1cc(C)on1)C(=O)NCC(=O)NC(Cc1ccccc1)C(=O)C1(C)CO1. The number of benzene rings is 1. The summed E-state index contributed by atoms with van der Waals surface area (Å²) in [6, 6.07) is 8.82. The topological polar surface area (TPSA) is 152 Å². The third-order valence-electron chi connectivity index (χ3n) is 5.40. The Bertz CT molecular complexity index is 1020. The highest BCUT2D eigenvalue weighted by molar-refractivity contribution is 5.97. The zero-order valence-electron chi connectivity index (χ0n) is 19.2. The zero-order chi connectivity index (χ0) is 24.7. The first kappa shape index (κ1) is 25.1. The van der Waals surface area contributed by atoms with Crippen molar-refractivity contribution in [2.75, 3.05) is 25.6 Å². The van der Waals surface area contributed by atoms with E-state index in [4.69, 9.17) is 14.0 Å². The molecule has 34 heavy (non-hydrogen) atoms. The van der Waals surface area contributed by atoms with E-state index in [1.807, 2.05) is 30.3 Å². The standard InChI is InChI=1S/C23H28N4O7/c1-14-9-18(27-34-14)26-20(17(12-28)32-3)22(31)24-11-19(29)25-16(21(30)23(2)13-33-23)10-15-7-5-4-6-8-15/h4-9,12,16-17,20H,10-11,13H2,1-3H3,(H,24,31)(H,25,29)(H,26,27). The van der Waals surface area contributed by atoms with Gasteiger partial charge in [-0.1, -0.05) is 35.5 Å². The van der Waals surface area contributed by atoms with Crippen LogP contribution >= 0.6 is 0 Å². The maximum absolute atomic E-state index is 12.9. The van der Waals surface area contributed by atoms with E-state index in [2.05, 4.69) is 21.1 Å². The quantitative estimate of drug-likeness (QED) is 0.274. The van der Waals surface area contributed by atoms with Gasteiger partial charge in [-0.15, -0.1) is 0 Å². The molecule has 1 aromatic carbocycles. The van der Waals surface area contributed by atoms with Crippen molar-refractivity contribution < 1.29 is 33.2 Å². The summed E-state index contributed by atoms with van der Waals surface area (Å²) in [7, 11) is 1.28. The van der Waals surface area contributed by atoms with Gasteiger partial charge in [0.15, 0.2) is 17.9 Å². The van der Waals surface area contributed by atoms with Crippen LogP contribution in [0.15, 0.2) is 40.9 Å². The van der Waals surface area contributed by atoms with Gasteiger partial charge in [-0.25, -0.2) is 0 Å². The summed E-state index contributed by atoms with van der Waals surface area (Å²) in [6.07, 6.45) is -0.389. The van der Waals surface area contributed by atoms with Gasteiger partial charge >= 0.3 is 0 Å². The van der Waals surface area contributed by atoms with E-state index in [-0.39, 0.29) is 18.0 Å². The lowest BCUT2D eigenvalue weighted by Crippen LogP contribution is -2.53. The fraction of sp³-hybridized carbons (Fsp3) is 0.435. The van der Waals surface area contributed by atoms with Crippen LogP contribution in [0.25, 0.3) is 0 Å². The number of hydrogen-bond donors (Lipinski definition) is 3. The summed E-state index contributed by atoms with van der Waals surface area (Å²) in [6.45, 7) is 3.22. The highest BCUT2D eigenvalue weighted by Crippen LogP contribution is 2.29. The molecule has 11 nitrogen and oxygen atoms in total. The Balaban J connectivity index is 1.63. The van der Waals surface area contributed by atoms with Gasteiger partial charge in [0, 0.05) is 13.2 Å². The van der Waals surface area contributed by atoms with Crippen LogP contribution in [-0.4, -0.2) is 73.1 Å². The average molecular weight is 472 g/mol. The van der Waals surface area contributed by atoms with E-state index in [9.17, 15) is 19.2 Å². The molecule has 0 saturated carbocycles. The van der Waals surface area contributed by atoms with Crippen LogP contribution in [0.2, 0.25) is 0 Å². The lowest BCUT2D eigenvalue weighted by atomic mass is 9.95. The molecule has 182 valence electrons. The summed E-state index contributed by atoms with van der Waals surface area (Å²) in [5.74, 6) is -0.737. The second kappa shape index (κ2) is 11.0. The number of amides is 2. The molecule has 0 radical (unpaired) electrons. The van der Waals surface area contributed by atoms with Gasteiger partial charge in [-0.2, -0.15) is 0 Å². The number of epoxide rings is 1. The first-order valence-corrected chi connectivity index (χ1v) is 10.7. The average Bonchev–Trinajstić information content (AvgIpc) is 3.45. The van der Waals surface area contributed by atoms with Gasteiger partial charge in [0.2, 0.25) is 11.8 Å². The number of aldehydes is 1. The van der Waals surface area contributed by atoms with E-state index in [1.54, 1.807) is 19.9 Å². The van der Waals surface area contributed by atoms with Crippen LogP contribution in [0.4, 0.5) is 5.82 Å². The maximum Gasteiger partial charge on any atom is 0.246 e. The smallest absolute Gasteiger partial charge is 0.246 e. The fourth-order valence-corrected chi connectivity index (χ4v) is 3.36. The van der Waals surface area contributed by atoms with Crippen LogP contribution in [0.1, 0.15) is 18.2 Å². The number of ether oxygens (including phenoxy) is 2. The number of anilines is 1. The summed E-state index contributed by atoms with van der Waals surface area (Å²) >= 11 is 0. The number of Topliss-reactive ketones (excluding diaryl/α,β-unsaturated/α-hetero) is 1. The molecule has 1 aliphatic rings. The molecule has 0 aliphatic carbocycles. The van der Waals surface area contributed by atoms with Crippen LogP contribution in [0.5, 0.6) is 0 Å². The van der Waals surface area contributed by atoms with Crippen molar-refractivity contribution in [1.29, 1.82) is 0 Å². The zero-order valence-corrected chi connectivity index (χ0v) is 19.2. The number of hydrogen-bond acceptors (Lipinski definition) is 9. The lowest BCUT2D eigenvalue weighted by molar-refractivity contribution is -0.132. The Morgan fingerprint density at radius 2 is 1.97 bits per heavy atom. The predicted molar refractivity (Wildman–Crippen MR) is 120 cm³/mol. The monoisotopic (exact) mass is 472 g/mol. The number of aryl methyl sites for hydroxylation is 1. The van der Waals surface area contributed by atoms with E-state index in [1.165, 1.54) is 7.11 Å². The Morgan fingerprint density at radius 1 is 1.26 bits per heavy atom. The van der Waals surface area contributed by atoms with Gasteiger partial charge in [0.05, 0.1) is 19.2 Å². The number of carbonyl (C=O) groups excluding carboxylic acids is 4. The molecule has 2 amide bonds. The minimum Gasteiger partial charge on any atom is -0.371 e. The van der Waals surface area contributed by atoms with Crippen molar-refractivity contribution in [3.63, 3.8) is 0 Å². The maximum atomic E-state index is 12.9. The minimum atomic E-state index is -1.17. The minimum absolute atomic E-state index is 0.234. The number of rotatable bonds is 13. The summed E-state index contributed by atoms with van der Waals surface area (Å²) in [5, 5.41) is 11.7. The van der Waals surface area contributed by atoms with Crippen molar-refractivity contribution in [2.24, 2.45) is 0 Å². The van der Waals surface area contributed by atoms with Gasteiger partial charge in [-0.3, -0.25) is 14.4 Å². The molecule has 3 rings (SSSR count). The number of ketones is 1. The molecule has 11 heteroatoms. The van der Waals surface area contributed by atoms with Crippen LogP contribution in [0.3, 0.4) is 0 Å². The second-order valence-corrected chi connectivity index (χ2v) is 8.19. The lowest BCUT2D eigenvalue weighted by Gasteiger charge is -2.23. The molecule has 1 aromatic heterocycles. The Labute approximate surface area is 196 Å². The van der Waals surface area contributed by atoms with Gasteiger partial charge in [-0.05, 0) is 25.8 Å². The number of methoxy groups -OCH3 is 1. The van der Waals surface area contributed by atoms with E-state index in [0.717, 1.165) is 5.56 Å². The van der Waals surface area contributed by atoms with Crippen molar-refractivity contribution >= 4 is 29.7 Å². The highest BCUT2D eigenvalue weighted by Gasteiger charge is 2.50. The van der Waals surface area contributed by atoms with Crippen LogP contribution in [-0.2, 0) is 35.1 Å². The Morgan fingerprint density at radius 3 is 2.53 bits per heavy atom. The van der Waals surface area contributed by atoms with E-state index in [0.29, 0.717) is 18.7 Å². The van der Waals surface area contributed by atoms with Crippen molar-refractivity contribution in [3.8, 4) is 0 Å². The molecule has 0 bridgehead atoms. The Hall–Kier alpha value is -3.57. The van der Waals surface area contributed by atoms with E-state index < -0.39 is 42.1 Å². The van der Waals surface area contributed by atoms with Crippen molar-refractivity contribution in [1.82, 2.24) is 15.8 Å². The molecule has 1 aliphatic heterocycles. The van der Waals surface area contributed by atoms with Crippen molar-refractivity contribution in [3.05, 3.63) is 47.7 Å². The molecule has 3 N–H and O–H groups in total. The van der Waals surface area contributed by atoms with Gasteiger partial charge in [0.25, 0.3) is 0 Å². The summed E-state index contributed by atoms with van der Waals surface area (Å²) in [4.78, 5) is 49.7. The third kappa shape index (κ3) is 6.49. The molecular weight excluding hydrogens is 444 g/mol. The number of nitrogens with zero attached hydrogens (tertiary/aromatic N) is 1. The normalized spacial score (nSPS) is 19.4. The van der Waals surface area contributed by atoms with Gasteiger partial charge in [0.1, 0.15) is 23.5 Å². The molecule has 4 atom stereocenters. The number of carbonyl (C=O) groups is 4. The fourth-order valence-electron chi connectivity index (χ4n) is 3.36. The molecule has 2 heterocycles. The Kier molecular flexibility index (Phi) is 8.13. The number of nitrogens with one attached hydrogen (secondary N) is 3. The predicted octanol–water partition coefficient (Wildman–Crippen LogP) is 0.179. The van der Waals surface area contributed by atoms with Crippen molar-refractivity contribution in [2.45, 2.75) is 44.1 Å². The molecular formula is C23H28N4O7. The van der Waals surface area contributed by atoms with Crippen LogP contribution < -0.4 is 16.0 Å². The summed E-state index contributed by atoms with van der Waals surface area (Å²) < 4.78 is 15.3. The molecule has 4 unspecified atom stereocenters. The first-order valence-electron chi connectivity index (χ1n) is 10.7. The summed E-state index contributed by atoms with van der Waals surface area (Å²) in [5.41, 5.74) is -0.0494. The first-order chi connectivity index (χ1) is 16.3. The molecule has 1 saturated heterocycles. The third-order valence-corrected chi connectivity index (χ3v) is 5.40. The van der Waals surface area contributed by atoms with Gasteiger partial charge < -0.3 is 34.7 Å². The largest absolute Gasteiger partial charge is 0.371 e. The molecule has 1 fully saturated rings. The van der Waals surface area contributed by atoms with E-state index >= 15 is 0 Å². The number of aromatic nitrogens is 1. The molecule has 0 spiro atoms. The van der Waals surface area contributed by atoms with Crippen LogP contribution in [0, 0.1) is 6.92 Å². The second-order valence-electron chi connectivity index (χ2n) is 8.19.